The quantitative estimate of drug-likeness (QED) is 0.579. The molecule has 0 aromatic heterocycles. The summed E-state index contributed by atoms with van der Waals surface area (Å²) in [4.78, 5) is 36.6. The Morgan fingerprint density at radius 3 is 2.70 bits per heavy atom. The fourth-order valence-corrected chi connectivity index (χ4v) is 10.0. The lowest BCUT2D eigenvalue weighted by molar-refractivity contribution is -0.174. The number of carbonyl (C=O) groups excluding carboxylic acids is 3. The average molecular weight is 427 g/mol. The number of carbonyl (C=O) groups is 3. The molecule has 0 radical (unpaired) electrons. The molecule has 0 bridgehead atoms. The van der Waals surface area contributed by atoms with Crippen molar-refractivity contribution in [2.45, 2.75) is 70.1 Å². The number of ether oxygens (including phenoxy) is 1. The van der Waals surface area contributed by atoms with E-state index in [-0.39, 0.29) is 38.5 Å². The molecule has 0 aromatic rings. The maximum absolute atomic E-state index is 12.2. The van der Waals surface area contributed by atoms with Crippen molar-refractivity contribution in [3.63, 3.8) is 0 Å². The van der Waals surface area contributed by atoms with Gasteiger partial charge in [-0.25, -0.2) is 0 Å². The van der Waals surface area contributed by atoms with Crippen LogP contribution in [0.25, 0.3) is 0 Å². The molecule has 4 nitrogen and oxygen atoms in total. The van der Waals surface area contributed by atoms with Crippen molar-refractivity contribution in [2.24, 2.45) is 40.4 Å². The van der Waals surface area contributed by atoms with Gasteiger partial charge in [-0.1, -0.05) is 37.3 Å². The average Bonchev–Trinajstić information content (AvgIpc) is 3.31. The van der Waals surface area contributed by atoms with E-state index < -0.39 is 0 Å². The fraction of sp³-hybridized carbons (Fsp3) is 0.720. The van der Waals surface area contributed by atoms with E-state index in [9.17, 15) is 14.4 Å². The van der Waals surface area contributed by atoms with Crippen LogP contribution in [0.2, 0.25) is 0 Å². The first-order valence-corrected chi connectivity index (χ1v) is 12.4. The van der Waals surface area contributed by atoms with E-state index in [0.29, 0.717) is 36.0 Å². The predicted molar refractivity (Wildman–Crippen MR) is 114 cm³/mol. The lowest BCUT2D eigenvalue weighted by Gasteiger charge is -2.61. The van der Waals surface area contributed by atoms with Crippen LogP contribution in [0.4, 0.5) is 0 Å². The normalized spacial score (nSPS) is 52.8. The molecule has 0 unspecified atom stereocenters. The van der Waals surface area contributed by atoms with Crippen molar-refractivity contribution < 1.29 is 19.1 Å². The molecule has 1 spiro atoms. The molecular weight excluding hydrogens is 396 g/mol. The maximum atomic E-state index is 12.2. The van der Waals surface area contributed by atoms with Gasteiger partial charge >= 0.3 is 5.97 Å². The molecule has 4 saturated carbocycles. The standard InChI is InChI=1S/C25H30O4S/c1-13(26)30-19-11-14-10-15(27)4-7-23(14,2)17-5-8-24(3)22(21(17)19)16-12-18(16)25(24)9-6-20(28)29-25/h4,7,10,16-19,21-22H,5-6,8-9,11-12H2,1-3H3/t16-,17+,18+,19-,21+,22+,23-,24+,25+/m1/s1. The van der Waals surface area contributed by atoms with Gasteiger partial charge in [-0.2, -0.15) is 0 Å². The largest absolute Gasteiger partial charge is 0.458 e. The van der Waals surface area contributed by atoms with E-state index in [4.69, 9.17) is 4.74 Å². The number of fused-ring (bicyclic) bond motifs is 9. The Balaban J connectivity index is 1.45. The van der Waals surface area contributed by atoms with Crippen LogP contribution < -0.4 is 0 Å². The predicted octanol–water partition coefficient (Wildman–Crippen LogP) is 4.48. The summed E-state index contributed by atoms with van der Waals surface area (Å²) in [6.45, 7) is 6.37. The second-order valence-corrected chi connectivity index (χ2v) is 12.5. The SMILES string of the molecule is CC(=O)S[C@@H]1CC2=CC(=O)C=C[C@@]2(C)[C@H]2CC[C@@]3(C)[C@@H]([C@@H]4C[C@@H]4[C@@]34CCC(=O)O4)[C@H]12. The van der Waals surface area contributed by atoms with Crippen molar-refractivity contribution >= 4 is 28.6 Å². The number of hydrogen-bond acceptors (Lipinski definition) is 5. The van der Waals surface area contributed by atoms with Crippen LogP contribution in [-0.2, 0) is 19.1 Å². The second kappa shape index (κ2) is 5.90. The number of rotatable bonds is 1. The molecule has 6 aliphatic rings. The number of esters is 1. The summed E-state index contributed by atoms with van der Waals surface area (Å²) < 4.78 is 6.20. The summed E-state index contributed by atoms with van der Waals surface area (Å²) in [7, 11) is 0. The minimum absolute atomic E-state index is 0.00921. The highest BCUT2D eigenvalue weighted by Gasteiger charge is 2.79. The van der Waals surface area contributed by atoms with Crippen LogP contribution in [0.15, 0.2) is 23.8 Å². The van der Waals surface area contributed by atoms with Gasteiger partial charge < -0.3 is 4.74 Å². The number of hydrogen-bond donors (Lipinski definition) is 0. The Hall–Kier alpha value is -1.36. The summed E-state index contributed by atoms with van der Waals surface area (Å²) >= 11 is 1.49. The number of ketones is 1. The van der Waals surface area contributed by atoms with Crippen LogP contribution in [-0.4, -0.2) is 27.7 Å². The highest BCUT2D eigenvalue weighted by molar-refractivity contribution is 8.14. The van der Waals surface area contributed by atoms with Crippen molar-refractivity contribution in [3.05, 3.63) is 23.8 Å². The minimum Gasteiger partial charge on any atom is -0.458 e. The zero-order valence-corrected chi connectivity index (χ0v) is 18.8. The van der Waals surface area contributed by atoms with Gasteiger partial charge in [0.25, 0.3) is 0 Å². The van der Waals surface area contributed by atoms with Crippen LogP contribution in [0, 0.1) is 40.4 Å². The van der Waals surface area contributed by atoms with E-state index >= 15 is 0 Å². The highest BCUT2D eigenvalue weighted by Crippen LogP contribution is 2.79. The van der Waals surface area contributed by atoms with Gasteiger partial charge in [-0.05, 0) is 67.9 Å². The molecule has 6 rings (SSSR count). The molecule has 1 aliphatic heterocycles. The van der Waals surface area contributed by atoms with Crippen LogP contribution >= 0.6 is 11.8 Å². The molecule has 0 aromatic carbocycles. The third-order valence-electron chi connectivity index (χ3n) is 9.99. The molecule has 5 aliphatic carbocycles. The van der Waals surface area contributed by atoms with Gasteiger partial charge in [0.1, 0.15) is 5.60 Å². The summed E-state index contributed by atoms with van der Waals surface area (Å²) in [6, 6.07) is 0. The minimum atomic E-state index is -0.273. The molecule has 9 atom stereocenters. The molecule has 5 fully saturated rings. The van der Waals surface area contributed by atoms with Gasteiger partial charge in [0.05, 0.1) is 0 Å². The fourth-order valence-electron chi connectivity index (χ4n) is 8.82. The van der Waals surface area contributed by atoms with Gasteiger partial charge in [0.2, 0.25) is 0 Å². The third-order valence-corrected chi connectivity index (χ3v) is 11.1. The van der Waals surface area contributed by atoms with E-state index in [1.54, 1.807) is 13.0 Å². The summed E-state index contributed by atoms with van der Waals surface area (Å²) in [5, 5.41) is 0.379. The van der Waals surface area contributed by atoms with Crippen molar-refractivity contribution in [2.75, 3.05) is 0 Å². The topological polar surface area (TPSA) is 60.4 Å². The molecule has 0 amide bonds. The highest BCUT2D eigenvalue weighted by atomic mass is 32.2. The van der Waals surface area contributed by atoms with Crippen LogP contribution in [0.1, 0.15) is 59.3 Å². The Kier molecular flexibility index (Phi) is 3.81. The summed E-state index contributed by atoms with van der Waals surface area (Å²) in [6.07, 6.45) is 11.3. The van der Waals surface area contributed by atoms with Crippen LogP contribution in [0.3, 0.4) is 0 Å². The van der Waals surface area contributed by atoms with Gasteiger partial charge in [0.15, 0.2) is 10.9 Å². The molecule has 160 valence electrons. The Labute approximate surface area is 182 Å². The Morgan fingerprint density at radius 1 is 1.20 bits per heavy atom. The lowest BCUT2D eigenvalue weighted by atomic mass is 9.46. The molecule has 30 heavy (non-hydrogen) atoms. The van der Waals surface area contributed by atoms with Gasteiger partial charge in [-0.15, -0.1) is 0 Å². The maximum Gasteiger partial charge on any atom is 0.306 e. The first kappa shape index (κ1) is 19.3. The Morgan fingerprint density at radius 2 is 2.00 bits per heavy atom. The van der Waals surface area contributed by atoms with E-state index in [2.05, 4.69) is 19.9 Å². The summed E-state index contributed by atoms with van der Waals surface area (Å²) in [5.74, 6) is 2.54. The van der Waals surface area contributed by atoms with Gasteiger partial charge in [0, 0.05) is 35.3 Å². The first-order chi connectivity index (χ1) is 14.2. The van der Waals surface area contributed by atoms with Crippen LogP contribution in [0.5, 0.6) is 0 Å². The van der Waals surface area contributed by atoms with Gasteiger partial charge in [-0.3, -0.25) is 14.4 Å². The lowest BCUT2D eigenvalue weighted by Crippen LogP contribution is -2.59. The monoisotopic (exact) mass is 426 g/mol. The molecule has 5 heteroatoms. The first-order valence-electron chi connectivity index (χ1n) is 11.5. The zero-order chi connectivity index (χ0) is 21.1. The van der Waals surface area contributed by atoms with Crippen molar-refractivity contribution in [1.29, 1.82) is 0 Å². The third kappa shape index (κ3) is 2.23. The molecule has 0 N–H and O–H groups in total. The van der Waals surface area contributed by atoms with E-state index in [0.717, 1.165) is 25.7 Å². The number of allylic oxidation sites excluding steroid dienone is 4. The Bertz CT molecular complexity index is 935. The molecule has 1 saturated heterocycles. The van der Waals surface area contributed by atoms with E-state index in [1.165, 1.54) is 23.8 Å². The number of thioether (sulfide) groups is 1. The molecular formula is C25H30O4S. The molecule has 1 heterocycles. The van der Waals surface area contributed by atoms with Crippen molar-refractivity contribution in [3.8, 4) is 0 Å². The van der Waals surface area contributed by atoms with E-state index in [1.807, 2.05) is 6.08 Å². The zero-order valence-electron chi connectivity index (χ0n) is 18.0. The summed E-state index contributed by atoms with van der Waals surface area (Å²) in [5.41, 5.74) is 0.853. The smallest absolute Gasteiger partial charge is 0.306 e. The van der Waals surface area contributed by atoms with Crippen molar-refractivity contribution in [1.82, 2.24) is 0 Å². The second-order valence-electron chi connectivity index (χ2n) is 11.1.